The van der Waals surface area contributed by atoms with Gasteiger partial charge in [-0.25, -0.2) is 0 Å². The van der Waals surface area contributed by atoms with Gasteiger partial charge in [0.15, 0.2) is 5.78 Å². The highest BCUT2D eigenvalue weighted by molar-refractivity contribution is 6.10. The molecule has 1 unspecified atom stereocenters. The molecule has 0 aromatic heterocycles. The molecule has 3 aliphatic carbocycles. The smallest absolute Gasteiger partial charge is 0.195 e. The van der Waals surface area contributed by atoms with E-state index in [4.69, 9.17) is 5.11 Å². The van der Waals surface area contributed by atoms with Crippen molar-refractivity contribution >= 4 is 5.78 Å². The number of fused-ring (bicyclic) bond motifs is 1. The van der Waals surface area contributed by atoms with Crippen LogP contribution >= 0.6 is 0 Å². The van der Waals surface area contributed by atoms with Crippen LogP contribution in [0.3, 0.4) is 0 Å². The van der Waals surface area contributed by atoms with Gasteiger partial charge in [-0.3, -0.25) is 4.79 Å². The maximum atomic E-state index is 12.7. The molecule has 1 atom stereocenters. The van der Waals surface area contributed by atoms with E-state index in [0.29, 0.717) is 12.0 Å². The number of ketones is 1. The van der Waals surface area contributed by atoms with Crippen molar-refractivity contribution in [3.63, 3.8) is 0 Å². The lowest BCUT2D eigenvalue weighted by Crippen LogP contribution is -2.49. The van der Waals surface area contributed by atoms with Crippen LogP contribution in [0.2, 0.25) is 0 Å². The second kappa shape index (κ2) is 4.15. The molecule has 0 radical (unpaired) electrons. The number of Topliss-reactive ketones (excluding diaryl/α,β-unsaturated/α-hetero) is 1. The zero-order valence-electron chi connectivity index (χ0n) is 12.4. The molecule has 0 heterocycles. The molecular weight excluding hydrogens is 252 g/mol. The number of hydrogen-bond acceptors (Lipinski definition) is 3. The fraction of sp³-hybridized carbons (Fsp3) is 0.588. The van der Waals surface area contributed by atoms with E-state index in [-0.39, 0.29) is 17.8 Å². The lowest BCUT2D eigenvalue weighted by molar-refractivity contribution is -0.137. The van der Waals surface area contributed by atoms with Crippen LogP contribution in [-0.2, 0) is 4.79 Å². The number of carbonyl (C=O) groups excluding carboxylic acids is 1. The Labute approximate surface area is 119 Å². The van der Waals surface area contributed by atoms with Crippen molar-refractivity contribution in [1.82, 2.24) is 0 Å². The first-order valence-corrected chi connectivity index (χ1v) is 7.38. The van der Waals surface area contributed by atoms with E-state index in [1.165, 1.54) is 5.57 Å². The van der Waals surface area contributed by atoms with Gasteiger partial charge in [-0.05, 0) is 69.2 Å². The maximum Gasteiger partial charge on any atom is 0.195 e. The highest BCUT2D eigenvalue weighted by Crippen LogP contribution is 2.65. The molecule has 0 saturated heterocycles. The van der Waals surface area contributed by atoms with Gasteiger partial charge in [0.25, 0.3) is 0 Å². The molecule has 108 valence electrons. The Morgan fingerprint density at radius 2 is 1.95 bits per heavy atom. The highest BCUT2D eigenvalue weighted by Gasteiger charge is 2.64. The Kier molecular flexibility index (Phi) is 2.86. The van der Waals surface area contributed by atoms with Gasteiger partial charge in [-0.1, -0.05) is 5.57 Å². The summed E-state index contributed by atoms with van der Waals surface area (Å²) in [5.74, 6) is -0.131. The molecule has 0 aliphatic heterocycles. The van der Waals surface area contributed by atoms with Gasteiger partial charge in [0, 0.05) is 17.6 Å². The molecule has 0 aromatic rings. The molecule has 3 heteroatoms. The van der Waals surface area contributed by atoms with Crippen LogP contribution in [0.25, 0.3) is 0 Å². The van der Waals surface area contributed by atoms with Crippen molar-refractivity contribution in [3.05, 3.63) is 33.9 Å². The minimum Gasteiger partial charge on any atom is -0.396 e. The zero-order valence-corrected chi connectivity index (χ0v) is 12.4. The largest absolute Gasteiger partial charge is 0.396 e. The molecule has 1 fully saturated rings. The Morgan fingerprint density at radius 3 is 2.50 bits per heavy atom. The average Bonchev–Trinajstić information content (AvgIpc) is 3.14. The first kappa shape index (κ1) is 13.8. The standard InChI is InChI=1S/C17H22O3/c1-10-9-13-14(12(10)5-4-8-18)11(2)17(6-7-17)16(3,20)15(13)19/h9,18,20H,4-8H2,1-3H3. The van der Waals surface area contributed by atoms with E-state index in [1.54, 1.807) is 6.92 Å². The van der Waals surface area contributed by atoms with Crippen LogP contribution in [0, 0.1) is 5.41 Å². The third kappa shape index (κ3) is 1.51. The van der Waals surface area contributed by atoms with E-state index in [0.717, 1.165) is 36.0 Å². The van der Waals surface area contributed by atoms with Gasteiger partial charge in [0.1, 0.15) is 5.60 Å². The van der Waals surface area contributed by atoms with E-state index in [1.807, 2.05) is 13.0 Å². The van der Waals surface area contributed by atoms with Gasteiger partial charge >= 0.3 is 0 Å². The third-order valence-corrected chi connectivity index (χ3v) is 5.45. The van der Waals surface area contributed by atoms with E-state index >= 15 is 0 Å². The Bertz CT molecular complexity index is 583. The summed E-state index contributed by atoms with van der Waals surface area (Å²) < 4.78 is 0. The van der Waals surface area contributed by atoms with Crippen molar-refractivity contribution in [2.24, 2.45) is 5.41 Å². The summed E-state index contributed by atoms with van der Waals surface area (Å²) in [6, 6.07) is 0. The fourth-order valence-electron chi connectivity index (χ4n) is 3.99. The maximum absolute atomic E-state index is 12.7. The zero-order chi connectivity index (χ0) is 14.7. The van der Waals surface area contributed by atoms with Gasteiger partial charge in [-0.2, -0.15) is 0 Å². The van der Waals surface area contributed by atoms with Crippen LogP contribution in [0.15, 0.2) is 33.9 Å². The number of aliphatic hydroxyl groups is 2. The fourth-order valence-corrected chi connectivity index (χ4v) is 3.99. The van der Waals surface area contributed by atoms with Crippen molar-refractivity contribution in [2.45, 2.75) is 52.1 Å². The molecule has 3 nitrogen and oxygen atoms in total. The van der Waals surface area contributed by atoms with Gasteiger partial charge in [0.2, 0.25) is 0 Å². The summed E-state index contributed by atoms with van der Waals surface area (Å²) in [6.07, 6.45) is 5.20. The summed E-state index contributed by atoms with van der Waals surface area (Å²) in [4.78, 5) is 12.7. The normalized spacial score (nSPS) is 31.1. The topological polar surface area (TPSA) is 57.5 Å². The monoisotopic (exact) mass is 274 g/mol. The number of hydrogen-bond donors (Lipinski definition) is 2. The molecule has 0 aromatic carbocycles. The van der Waals surface area contributed by atoms with Crippen LogP contribution in [0.1, 0.15) is 46.5 Å². The summed E-state index contributed by atoms with van der Waals surface area (Å²) in [7, 11) is 0. The molecule has 0 amide bonds. The molecule has 2 N–H and O–H groups in total. The van der Waals surface area contributed by atoms with Crippen molar-refractivity contribution in [2.75, 3.05) is 6.61 Å². The molecular formula is C17H22O3. The minimum atomic E-state index is -1.26. The molecule has 3 aliphatic rings. The lowest BCUT2D eigenvalue weighted by atomic mass is 9.67. The van der Waals surface area contributed by atoms with E-state index in [9.17, 15) is 9.90 Å². The SMILES string of the molecule is CC1=C(CCCO)C2=C(C)C3(CC3)C(C)(O)C(=O)C2=C1. The Hall–Kier alpha value is -1.19. The molecule has 3 rings (SSSR count). The minimum absolute atomic E-state index is 0.131. The van der Waals surface area contributed by atoms with Crippen molar-refractivity contribution in [1.29, 1.82) is 0 Å². The summed E-state index contributed by atoms with van der Waals surface area (Å²) >= 11 is 0. The predicted molar refractivity (Wildman–Crippen MR) is 77.1 cm³/mol. The van der Waals surface area contributed by atoms with Gasteiger partial charge in [0.05, 0.1) is 0 Å². The predicted octanol–water partition coefficient (Wildman–Crippen LogP) is 2.45. The summed E-state index contributed by atoms with van der Waals surface area (Å²) in [5, 5.41) is 19.8. The van der Waals surface area contributed by atoms with Crippen LogP contribution < -0.4 is 0 Å². The summed E-state index contributed by atoms with van der Waals surface area (Å²) in [6.45, 7) is 5.91. The van der Waals surface area contributed by atoms with Gasteiger partial charge < -0.3 is 10.2 Å². The number of aliphatic hydroxyl groups excluding tert-OH is 1. The van der Waals surface area contributed by atoms with E-state index < -0.39 is 5.60 Å². The second-order valence-electron chi connectivity index (χ2n) is 6.53. The van der Waals surface area contributed by atoms with Crippen LogP contribution in [0.4, 0.5) is 0 Å². The lowest BCUT2D eigenvalue weighted by Gasteiger charge is -2.39. The van der Waals surface area contributed by atoms with Crippen LogP contribution in [0.5, 0.6) is 0 Å². The van der Waals surface area contributed by atoms with Crippen molar-refractivity contribution in [3.8, 4) is 0 Å². The first-order chi connectivity index (χ1) is 9.37. The Morgan fingerprint density at radius 1 is 1.30 bits per heavy atom. The van der Waals surface area contributed by atoms with E-state index in [2.05, 4.69) is 6.92 Å². The first-order valence-electron chi connectivity index (χ1n) is 7.38. The number of rotatable bonds is 3. The quantitative estimate of drug-likeness (QED) is 0.831. The van der Waals surface area contributed by atoms with Crippen LogP contribution in [-0.4, -0.2) is 28.2 Å². The molecule has 0 bridgehead atoms. The molecule has 1 saturated carbocycles. The molecule has 20 heavy (non-hydrogen) atoms. The molecule has 1 spiro atoms. The third-order valence-electron chi connectivity index (χ3n) is 5.45. The number of carbonyl (C=O) groups is 1. The van der Waals surface area contributed by atoms with Gasteiger partial charge in [-0.15, -0.1) is 0 Å². The second-order valence-corrected chi connectivity index (χ2v) is 6.53. The van der Waals surface area contributed by atoms with Crippen molar-refractivity contribution < 1.29 is 15.0 Å². The Balaban J connectivity index is 2.13. The summed E-state index contributed by atoms with van der Waals surface area (Å²) in [5.41, 5.74) is 3.58. The highest BCUT2D eigenvalue weighted by atomic mass is 16.3. The number of allylic oxidation sites excluding steroid dienone is 4. The average molecular weight is 274 g/mol.